The van der Waals surface area contributed by atoms with Crippen LogP contribution in [0.2, 0.25) is 0 Å². The summed E-state index contributed by atoms with van der Waals surface area (Å²) < 4.78 is 5.31. The Morgan fingerprint density at radius 2 is 2.15 bits per heavy atom. The van der Waals surface area contributed by atoms with Crippen LogP contribution >= 0.6 is 12.4 Å². The second-order valence-electron chi connectivity index (χ2n) is 5.61. The van der Waals surface area contributed by atoms with E-state index in [1.54, 1.807) is 7.11 Å². The second-order valence-corrected chi connectivity index (χ2v) is 5.61. The zero-order valence-corrected chi connectivity index (χ0v) is 12.7. The fourth-order valence-corrected chi connectivity index (χ4v) is 2.84. The first kappa shape index (κ1) is 17.2. The molecule has 1 unspecified atom stereocenters. The molecule has 0 bridgehead atoms. The SMILES string of the molecule is COCC1(CNC(=O)C2CNC(=O)C2)CCNCC1.Cl. The molecule has 2 aliphatic heterocycles. The molecule has 0 radical (unpaired) electrons. The van der Waals surface area contributed by atoms with E-state index in [1.807, 2.05) is 0 Å². The molecule has 1 atom stereocenters. The Bertz CT molecular complexity index is 340. The molecule has 6 nitrogen and oxygen atoms in total. The number of carbonyl (C=O) groups is 2. The van der Waals surface area contributed by atoms with Crippen LogP contribution in [0.3, 0.4) is 0 Å². The molecule has 0 aliphatic carbocycles. The number of halogens is 1. The van der Waals surface area contributed by atoms with Crippen LogP contribution in [0.4, 0.5) is 0 Å². The van der Waals surface area contributed by atoms with Gasteiger partial charge in [-0.2, -0.15) is 0 Å². The van der Waals surface area contributed by atoms with Crippen LogP contribution in [-0.4, -0.2) is 51.7 Å². The fraction of sp³-hybridized carbons (Fsp3) is 0.846. The molecule has 2 fully saturated rings. The molecule has 0 aromatic carbocycles. The Balaban J connectivity index is 0.00000200. The van der Waals surface area contributed by atoms with Gasteiger partial charge in [-0.3, -0.25) is 9.59 Å². The van der Waals surface area contributed by atoms with Gasteiger partial charge in [0, 0.05) is 32.0 Å². The largest absolute Gasteiger partial charge is 0.384 e. The first-order chi connectivity index (χ1) is 9.15. The molecule has 2 saturated heterocycles. The zero-order chi connectivity index (χ0) is 13.7. The van der Waals surface area contributed by atoms with Crippen LogP contribution in [0.25, 0.3) is 0 Å². The molecule has 0 spiro atoms. The minimum Gasteiger partial charge on any atom is -0.384 e. The van der Waals surface area contributed by atoms with Crippen molar-refractivity contribution >= 4 is 24.2 Å². The average molecular weight is 306 g/mol. The molecule has 2 amide bonds. The quantitative estimate of drug-likeness (QED) is 0.650. The standard InChI is InChI=1S/C13H23N3O3.ClH/c1-19-9-13(2-4-14-5-3-13)8-16-12(18)10-6-11(17)15-7-10;/h10,14H,2-9H2,1H3,(H,15,17)(H,16,18);1H. The Labute approximate surface area is 125 Å². The predicted octanol–water partition coefficient (Wildman–Crippen LogP) is -0.323. The Hall–Kier alpha value is -0.850. The maximum atomic E-state index is 12.0. The highest BCUT2D eigenvalue weighted by Gasteiger charge is 2.34. The summed E-state index contributed by atoms with van der Waals surface area (Å²) in [6.07, 6.45) is 2.32. The number of methoxy groups -OCH3 is 1. The van der Waals surface area contributed by atoms with Gasteiger partial charge in [0.05, 0.1) is 12.5 Å². The Kier molecular flexibility index (Phi) is 6.71. The maximum absolute atomic E-state index is 12.0. The van der Waals surface area contributed by atoms with E-state index >= 15 is 0 Å². The van der Waals surface area contributed by atoms with Crippen molar-refractivity contribution in [1.29, 1.82) is 0 Å². The maximum Gasteiger partial charge on any atom is 0.225 e. The van der Waals surface area contributed by atoms with Crippen molar-refractivity contribution in [2.45, 2.75) is 19.3 Å². The minimum absolute atomic E-state index is 0. The fourth-order valence-electron chi connectivity index (χ4n) is 2.84. The molecule has 2 rings (SSSR count). The van der Waals surface area contributed by atoms with Gasteiger partial charge in [0.15, 0.2) is 0 Å². The number of nitrogens with one attached hydrogen (secondary N) is 3. The van der Waals surface area contributed by atoms with E-state index in [0.717, 1.165) is 25.9 Å². The van der Waals surface area contributed by atoms with Crippen molar-refractivity contribution in [2.24, 2.45) is 11.3 Å². The Morgan fingerprint density at radius 1 is 1.45 bits per heavy atom. The molecule has 0 saturated carbocycles. The van der Waals surface area contributed by atoms with E-state index in [9.17, 15) is 9.59 Å². The summed E-state index contributed by atoms with van der Waals surface area (Å²) in [7, 11) is 1.70. The zero-order valence-electron chi connectivity index (χ0n) is 11.9. The normalized spacial score (nSPS) is 24.6. The second kappa shape index (κ2) is 7.81. The van der Waals surface area contributed by atoms with Crippen LogP contribution in [-0.2, 0) is 14.3 Å². The first-order valence-electron chi connectivity index (χ1n) is 6.89. The van der Waals surface area contributed by atoms with Gasteiger partial charge >= 0.3 is 0 Å². The van der Waals surface area contributed by atoms with Gasteiger partial charge in [-0.25, -0.2) is 0 Å². The molecule has 3 N–H and O–H groups in total. The van der Waals surface area contributed by atoms with E-state index in [2.05, 4.69) is 16.0 Å². The molecule has 0 aromatic heterocycles. The van der Waals surface area contributed by atoms with E-state index in [1.165, 1.54) is 0 Å². The van der Waals surface area contributed by atoms with Gasteiger partial charge in [0.1, 0.15) is 0 Å². The lowest BCUT2D eigenvalue weighted by Gasteiger charge is -2.37. The van der Waals surface area contributed by atoms with Gasteiger partial charge in [-0.15, -0.1) is 12.4 Å². The van der Waals surface area contributed by atoms with Crippen LogP contribution in [0, 0.1) is 11.3 Å². The summed E-state index contributed by atoms with van der Waals surface area (Å²) >= 11 is 0. The van der Waals surface area contributed by atoms with Gasteiger partial charge in [0.2, 0.25) is 11.8 Å². The molecular formula is C13H24ClN3O3. The number of piperidine rings is 1. The van der Waals surface area contributed by atoms with Crippen molar-refractivity contribution in [3.8, 4) is 0 Å². The number of amides is 2. The van der Waals surface area contributed by atoms with Gasteiger partial charge in [0.25, 0.3) is 0 Å². The summed E-state index contributed by atoms with van der Waals surface area (Å²) in [4.78, 5) is 23.1. The van der Waals surface area contributed by atoms with Crippen molar-refractivity contribution in [2.75, 3.05) is 39.9 Å². The lowest BCUT2D eigenvalue weighted by molar-refractivity contribution is -0.127. The van der Waals surface area contributed by atoms with E-state index in [-0.39, 0.29) is 35.6 Å². The van der Waals surface area contributed by atoms with Gasteiger partial charge < -0.3 is 20.7 Å². The van der Waals surface area contributed by atoms with E-state index in [4.69, 9.17) is 4.74 Å². The third kappa shape index (κ3) is 4.33. The molecule has 20 heavy (non-hydrogen) atoms. The first-order valence-corrected chi connectivity index (χ1v) is 6.89. The highest BCUT2D eigenvalue weighted by molar-refractivity contribution is 5.89. The van der Waals surface area contributed by atoms with Crippen molar-refractivity contribution in [3.63, 3.8) is 0 Å². The monoisotopic (exact) mass is 305 g/mol. The van der Waals surface area contributed by atoms with Crippen molar-refractivity contribution < 1.29 is 14.3 Å². The summed E-state index contributed by atoms with van der Waals surface area (Å²) in [5.74, 6) is -0.269. The smallest absolute Gasteiger partial charge is 0.225 e. The summed E-state index contributed by atoms with van der Waals surface area (Å²) in [5, 5.41) is 9.01. The molecular weight excluding hydrogens is 282 g/mol. The number of carbonyl (C=O) groups excluding carboxylic acids is 2. The number of rotatable bonds is 5. The number of ether oxygens (including phenoxy) is 1. The predicted molar refractivity (Wildman–Crippen MR) is 77.8 cm³/mol. The van der Waals surface area contributed by atoms with Crippen LogP contribution in [0.15, 0.2) is 0 Å². The highest BCUT2D eigenvalue weighted by Crippen LogP contribution is 2.28. The summed E-state index contributed by atoms with van der Waals surface area (Å²) in [6, 6.07) is 0. The molecule has 116 valence electrons. The molecule has 2 heterocycles. The molecule has 7 heteroatoms. The van der Waals surface area contributed by atoms with Crippen LogP contribution in [0.1, 0.15) is 19.3 Å². The highest BCUT2D eigenvalue weighted by atomic mass is 35.5. The minimum atomic E-state index is -0.214. The molecule has 2 aliphatic rings. The van der Waals surface area contributed by atoms with Crippen LogP contribution in [0.5, 0.6) is 0 Å². The van der Waals surface area contributed by atoms with Gasteiger partial charge in [-0.1, -0.05) is 0 Å². The Morgan fingerprint density at radius 3 is 2.70 bits per heavy atom. The lowest BCUT2D eigenvalue weighted by Crippen LogP contribution is -2.48. The third-order valence-electron chi connectivity index (χ3n) is 4.10. The van der Waals surface area contributed by atoms with Gasteiger partial charge in [-0.05, 0) is 25.9 Å². The topological polar surface area (TPSA) is 79.5 Å². The van der Waals surface area contributed by atoms with Crippen molar-refractivity contribution in [1.82, 2.24) is 16.0 Å². The van der Waals surface area contributed by atoms with Crippen LogP contribution < -0.4 is 16.0 Å². The number of hydrogen-bond donors (Lipinski definition) is 3. The van der Waals surface area contributed by atoms with E-state index in [0.29, 0.717) is 26.1 Å². The average Bonchev–Trinajstić information content (AvgIpc) is 2.84. The summed E-state index contributed by atoms with van der Waals surface area (Å²) in [6.45, 7) is 3.68. The summed E-state index contributed by atoms with van der Waals surface area (Å²) in [5.41, 5.74) is 0.0334. The van der Waals surface area contributed by atoms with E-state index < -0.39 is 0 Å². The third-order valence-corrected chi connectivity index (χ3v) is 4.10. The molecule has 0 aromatic rings. The number of hydrogen-bond acceptors (Lipinski definition) is 4. The van der Waals surface area contributed by atoms with Crippen molar-refractivity contribution in [3.05, 3.63) is 0 Å². The lowest BCUT2D eigenvalue weighted by atomic mass is 9.79.